The van der Waals surface area contributed by atoms with Crippen LogP contribution in [0.25, 0.3) is 10.8 Å². The number of amides is 1. The van der Waals surface area contributed by atoms with Crippen molar-refractivity contribution in [3.8, 4) is 11.5 Å². The van der Waals surface area contributed by atoms with E-state index in [1.165, 1.54) is 32.4 Å². The first-order valence-corrected chi connectivity index (χ1v) is 9.57. The monoisotopic (exact) mass is 356 g/mol. The van der Waals surface area contributed by atoms with Crippen molar-refractivity contribution in [2.45, 2.75) is 32.6 Å². The highest BCUT2D eigenvalue weighted by Crippen LogP contribution is 2.28. The lowest BCUT2D eigenvalue weighted by atomic mass is 10.0. The summed E-state index contributed by atoms with van der Waals surface area (Å²) in [7, 11) is 0. The Hall–Kier alpha value is -2.27. The Morgan fingerprint density at radius 3 is 2.73 bits per heavy atom. The Bertz CT molecular complexity index is 754. The predicted octanol–water partition coefficient (Wildman–Crippen LogP) is 3.55. The fourth-order valence-corrected chi connectivity index (χ4v) is 3.48. The van der Waals surface area contributed by atoms with Crippen LogP contribution in [-0.2, 0) is 0 Å². The molecule has 3 rings (SSSR count). The maximum Gasteiger partial charge on any atom is 0.255 e. The lowest BCUT2D eigenvalue weighted by molar-refractivity contribution is 0.0948. The van der Waals surface area contributed by atoms with Crippen molar-refractivity contribution in [1.82, 2.24) is 10.2 Å². The fourth-order valence-electron chi connectivity index (χ4n) is 3.48. The fraction of sp³-hybridized carbons (Fsp3) is 0.476. The molecule has 0 aliphatic carbocycles. The number of benzene rings is 2. The van der Waals surface area contributed by atoms with Crippen LogP contribution in [0.5, 0.6) is 11.5 Å². The van der Waals surface area contributed by atoms with Crippen LogP contribution in [0, 0.1) is 0 Å². The molecule has 1 saturated heterocycles. The zero-order valence-corrected chi connectivity index (χ0v) is 15.5. The van der Waals surface area contributed by atoms with Gasteiger partial charge in [0.05, 0.1) is 12.2 Å². The molecular weight excluding hydrogens is 328 g/mol. The number of rotatable bonds is 7. The highest BCUT2D eigenvalue weighted by Gasteiger charge is 2.13. The molecule has 0 spiro atoms. The van der Waals surface area contributed by atoms with Gasteiger partial charge in [-0.2, -0.15) is 0 Å². The lowest BCUT2D eigenvalue weighted by Gasteiger charge is -2.26. The van der Waals surface area contributed by atoms with Crippen molar-refractivity contribution < 1.29 is 14.6 Å². The molecular formula is C21H28N2O3. The average molecular weight is 356 g/mol. The summed E-state index contributed by atoms with van der Waals surface area (Å²) >= 11 is 0. The maximum atomic E-state index is 12.5. The van der Waals surface area contributed by atoms with Gasteiger partial charge in [0, 0.05) is 6.54 Å². The van der Waals surface area contributed by atoms with E-state index >= 15 is 0 Å². The van der Waals surface area contributed by atoms with Crippen molar-refractivity contribution in [3.63, 3.8) is 0 Å². The van der Waals surface area contributed by atoms with E-state index in [0.29, 0.717) is 18.7 Å². The molecule has 140 valence electrons. The van der Waals surface area contributed by atoms with E-state index in [2.05, 4.69) is 10.2 Å². The minimum Gasteiger partial charge on any atom is -0.507 e. The molecule has 2 N–H and O–H groups in total. The van der Waals surface area contributed by atoms with Crippen molar-refractivity contribution >= 4 is 16.7 Å². The number of hydrogen-bond acceptors (Lipinski definition) is 4. The number of aromatic hydroxyl groups is 1. The smallest absolute Gasteiger partial charge is 0.255 e. The van der Waals surface area contributed by atoms with Crippen molar-refractivity contribution in [2.75, 3.05) is 32.8 Å². The Labute approximate surface area is 155 Å². The molecule has 26 heavy (non-hydrogen) atoms. The van der Waals surface area contributed by atoms with Crippen LogP contribution < -0.4 is 10.1 Å². The summed E-state index contributed by atoms with van der Waals surface area (Å²) in [4.78, 5) is 14.9. The standard InChI is InChI=1S/C21H28N2O3/c1-2-26-18-8-7-16-15-20(24)19(14-17(16)13-18)21(25)22-9-6-12-23-10-4-3-5-11-23/h7-8,13-15,24H,2-6,9-12H2,1H3,(H,22,25). The highest BCUT2D eigenvalue weighted by atomic mass is 16.5. The summed E-state index contributed by atoms with van der Waals surface area (Å²) in [6.07, 6.45) is 4.82. The molecule has 2 aromatic carbocycles. The molecule has 0 saturated carbocycles. The molecule has 0 atom stereocenters. The number of nitrogens with one attached hydrogen (secondary N) is 1. The van der Waals surface area contributed by atoms with Gasteiger partial charge in [-0.25, -0.2) is 0 Å². The summed E-state index contributed by atoms with van der Waals surface area (Å²) in [6.45, 7) is 6.49. The minimum atomic E-state index is -0.232. The molecule has 0 aromatic heterocycles. The first-order valence-electron chi connectivity index (χ1n) is 9.57. The number of nitrogens with zero attached hydrogens (tertiary/aromatic N) is 1. The summed E-state index contributed by atoms with van der Waals surface area (Å²) in [5, 5.41) is 14.9. The largest absolute Gasteiger partial charge is 0.507 e. The van der Waals surface area contributed by atoms with Crippen LogP contribution in [0.15, 0.2) is 30.3 Å². The summed E-state index contributed by atoms with van der Waals surface area (Å²) in [5.74, 6) is 0.540. The van der Waals surface area contributed by atoms with E-state index in [4.69, 9.17) is 4.74 Å². The van der Waals surface area contributed by atoms with Crippen LogP contribution in [-0.4, -0.2) is 48.7 Å². The SMILES string of the molecule is CCOc1ccc2cc(O)c(C(=O)NCCCN3CCCCC3)cc2c1. The lowest BCUT2D eigenvalue weighted by Crippen LogP contribution is -2.33. The number of piperidine rings is 1. The van der Waals surface area contributed by atoms with Gasteiger partial charge in [-0.1, -0.05) is 12.5 Å². The zero-order valence-electron chi connectivity index (χ0n) is 15.5. The second-order valence-corrected chi connectivity index (χ2v) is 6.82. The normalized spacial score (nSPS) is 15.1. The van der Waals surface area contributed by atoms with E-state index in [-0.39, 0.29) is 11.7 Å². The zero-order chi connectivity index (χ0) is 18.4. The molecule has 2 aromatic rings. The topological polar surface area (TPSA) is 61.8 Å². The van der Waals surface area contributed by atoms with Crippen LogP contribution in [0.2, 0.25) is 0 Å². The van der Waals surface area contributed by atoms with Gasteiger partial charge in [0.2, 0.25) is 0 Å². The van der Waals surface area contributed by atoms with E-state index < -0.39 is 0 Å². The minimum absolute atomic E-state index is 0.00944. The summed E-state index contributed by atoms with van der Waals surface area (Å²) in [5.41, 5.74) is 0.309. The molecule has 5 heteroatoms. The molecule has 1 aliphatic rings. The van der Waals surface area contributed by atoms with E-state index in [1.807, 2.05) is 25.1 Å². The third kappa shape index (κ3) is 4.67. The molecule has 0 bridgehead atoms. The van der Waals surface area contributed by atoms with E-state index in [1.54, 1.807) is 12.1 Å². The van der Waals surface area contributed by atoms with Crippen LogP contribution in [0.4, 0.5) is 0 Å². The van der Waals surface area contributed by atoms with Gasteiger partial charge in [-0.15, -0.1) is 0 Å². The molecule has 1 amide bonds. The van der Waals surface area contributed by atoms with Crippen molar-refractivity contribution in [1.29, 1.82) is 0 Å². The van der Waals surface area contributed by atoms with Gasteiger partial charge in [0.15, 0.2) is 0 Å². The van der Waals surface area contributed by atoms with Gasteiger partial charge < -0.3 is 20.1 Å². The molecule has 1 heterocycles. The van der Waals surface area contributed by atoms with Gasteiger partial charge in [-0.05, 0) is 80.9 Å². The molecule has 0 radical (unpaired) electrons. The van der Waals surface area contributed by atoms with Gasteiger partial charge in [0.25, 0.3) is 5.91 Å². The quantitative estimate of drug-likeness (QED) is 0.745. The first kappa shape index (κ1) is 18.5. The van der Waals surface area contributed by atoms with Crippen LogP contribution in [0.1, 0.15) is 43.0 Å². The number of ether oxygens (including phenoxy) is 1. The van der Waals surface area contributed by atoms with E-state index in [9.17, 15) is 9.90 Å². The number of carbonyl (C=O) groups is 1. The number of hydrogen-bond donors (Lipinski definition) is 2. The number of carbonyl (C=O) groups excluding carboxylic acids is 1. The molecule has 5 nitrogen and oxygen atoms in total. The summed E-state index contributed by atoms with van der Waals surface area (Å²) in [6, 6.07) is 9.01. The maximum absolute atomic E-state index is 12.5. The second kappa shape index (κ2) is 8.90. The van der Waals surface area contributed by atoms with Crippen LogP contribution in [0.3, 0.4) is 0 Å². The van der Waals surface area contributed by atoms with Crippen LogP contribution >= 0.6 is 0 Å². The second-order valence-electron chi connectivity index (χ2n) is 6.82. The molecule has 0 unspecified atom stereocenters. The van der Waals surface area contributed by atoms with Crippen molar-refractivity contribution in [2.24, 2.45) is 0 Å². The number of likely N-dealkylation sites (tertiary alicyclic amines) is 1. The third-order valence-electron chi connectivity index (χ3n) is 4.87. The van der Waals surface area contributed by atoms with Crippen molar-refractivity contribution in [3.05, 3.63) is 35.9 Å². The Morgan fingerprint density at radius 2 is 1.96 bits per heavy atom. The Morgan fingerprint density at radius 1 is 1.15 bits per heavy atom. The number of fused-ring (bicyclic) bond motifs is 1. The third-order valence-corrected chi connectivity index (χ3v) is 4.87. The first-order chi connectivity index (χ1) is 12.7. The Balaban J connectivity index is 1.60. The predicted molar refractivity (Wildman–Crippen MR) is 104 cm³/mol. The molecule has 1 fully saturated rings. The van der Waals surface area contributed by atoms with E-state index in [0.717, 1.165) is 29.5 Å². The Kier molecular flexibility index (Phi) is 6.34. The number of phenolic OH excluding ortho intramolecular Hbond substituents is 1. The average Bonchev–Trinajstić information content (AvgIpc) is 2.66. The summed E-state index contributed by atoms with van der Waals surface area (Å²) < 4.78 is 5.51. The number of phenols is 1. The van der Waals surface area contributed by atoms with Gasteiger partial charge >= 0.3 is 0 Å². The highest BCUT2D eigenvalue weighted by molar-refractivity contribution is 6.01. The molecule has 1 aliphatic heterocycles. The van der Waals surface area contributed by atoms with Gasteiger partial charge in [0.1, 0.15) is 11.5 Å². The van der Waals surface area contributed by atoms with Gasteiger partial charge in [-0.3, -0.25) is 4.79 Å².